The van der Waals surface area contributed by atoms with E-state index in [9.17, 15) is 0 Å². The SMILES string of the molecule is C=CC(NCCC)c1cn(C)nc1C. The lowest BCUT2D eigenvalue weighted by atomic mass is 10.1. The van der Waals surface area contributed by atoms with Crippen LogP contribution in [-0.4, -0.2) is 16.3 Å². The summed E-state index contributed by atoms with van der Waals surface area (Å²) in [5.74, 6) is 0. The van der Waals surface area contributed by atoms with Crippen molar-refractivity contribution in [2.75, 3.05) is 6.54 Å². The summed E-state index contributed by atoms with van der Waals surface area (Å²) in [5, 5.41) is 7.74. The summed E-state index contributed by atoms with van der Waals surface area (Å²) in [6.45, 7) is 9.03. The summed E-state index contributed by atoms with van der Waals surface area (Å²) in [5.41, 5.74) is 2.29. The van der Waals surface area contributed by atoms with Gasteiger partial charge < -0.3 is 5.32 Å². The summed E-state index contributed by atoms with van der Waals surface area (Å²) >= 11 is 0. The van der Waals surface area contributed by atoms with Crippen molar-refractivity contribution in [2.24, 2.45) is 7.05 Å². The lowest BCUT2D eigenvalue weighted by molar-refractivity contribution is 0.611. The molecule has 0 bridgehead atoms. The van der Waals surface area contributed by atoms with E-state index in [1.165, 1.54) is 5.56 Å². The third kappa shape index (κ3) is 2.45. The van der Waals surface area contributed by atoms with Gasteiger partial charge in [-0.15, -0.1) is 6.58 Å². The Morgan fingerprint density at radius 2 is 2.43 bits per heavy atom. The summed E-state index contributed by atoms with van der Waals surface area (Å²) in [7, 11) is 1.94. The van der Waals surface area contributed by atoms with Crippen LogP contribution in [0.5, 0.6) is 0 Å². The Hall–Kier alpha value is -1.09. The van der Waals surface area contributed by atoms with E-state index >= 15 is 0 Å². The minimum absolute atomic E-state index is 0.226. The molecule has 0 radical (unpaired) electrons. The number of nitrogens with zero attached hydrogens (tertiary/aromatic N) is 2. The quantitative estimate of drug-likeness (QED) is 0.724. The maximum atomic E-state index is 4.32. The molecule has 0 aromatic carbocycles. The van der Waals surface area contributed by atoms with Crippen LogP contribution in [0.25, 0.3) is 0 Å². The standard InChI is InChI=1S/C11H19N3/c1-5-7-12-11(6-2)10-8-14(4)13-9(10)3/h6,8,11-12H,2,5,7H2,1,3-4H3. The molecule has 0 saturated heterocycles. The molecule has 1 rings (SSSR count). The lowest BCUT2D eigenvalue weighted by Gasteiger charge is -2.12. The van der Waals surface area contributed by atoms with Crippen LogP contribution in [0.2, 0.25) is 0 Å². The molecule has 3 nitrogen and oxygen atoms in total. The van der Waals surface area contributed by atoms with Gasteiger partial charge in [-0.2, -0.15) is 5.10 Å². The number of nitrogens with one attached hydrogen (secondary N) is 1. The smallest absolute Gasteiger partial charge is 0.0644 e. The molecule has 0 amide bonds. The van der Waals surface area contributed by atoms with E-state index in [4.69, 9.17) is 0 Å². The van der Waals surface area contributed by atoms with Gasteiger partial charge in [0, 0.05) is 18.8 Å². The fourth-order valence-electron chi connectivity index (χ4n) is 1.54. The van der Waals surface area contributed by atoms with E-state index in [0.717, 1.165) is 18.7 Å². The summed E-state index contributed by atoms with van der Waals surface area (Å²) < 4.78 is 1.84. The van der Waals surface area contributed by atoms with E-state index in [2.05, 4.69) is 23.9 Å². The van der Waals surface area contributed by atoms with Crippen molar-refractivity contribution in [3.05, 3.63) is 30.1 Å². The Balaban J connectivity index is 2.77. The highest BCUT2D eigenvalue weighted by atomic mass is 15.3. The molecule has 3 heteroatoms. The number of hydrogen-bond donors (Lipinski definition) is 1. The van der Waals surface area contributed by atoms with Gasteiger partial charge in [-0.25, -0.2) is 0 Å². The van der Waals surface area contributed by atoms with Gasteiger partial charge in [0.2, 0.25) is 0 Å². The molecule has 1 aromatic heterocycles. The van der Waals surface area contributed by atoms with E-state index < -0.39 is 0 Å². The average Bonchev–Trinajstić information content (AvgIpc) is 2.47. The van der Waals surface area contributed by atoms with Crippen LogP contribution in [0.1, 0.15) is 30.6 Å². The molecule has 0 aliphatic carbocycles. The normalized spacial score (nSPS) is 12.8. The molecular weight excluding hydrogens is 174 g/mol. The maximum absolute atomic E-state index is 4.32. The molecule has 14 heavy (non-hydrogen) atoms. The molecule has 0 spiro atoms. The monoisotopic (exact) mass is 193 g/mol. The molecule has 0 aliphatic heterocycles. The van der Waals surface area contributed by atoms with Gasteiger partial charge >= 0.3 is 0 Å². The molecule has 0 fully saturated rings. The first kappa shape index (κ1) is 11.0. The van der Waals surface area contributed by atoms with Gasteiger partial charge in [0.25, 0.3) is 0 Å². The van der Waals surface area contributed by atoms with Crippen molar-refractivity contribution in [3.8, 4) is 0 Å². The third-order valence-electron chi connectivity index (χ3n) is 2.24. The molecule has 1 heterocycles. The molecule has 1 aromatic rings. The number of rotatable bonds is 5. The van der Waals surface area contributed by atoms with E-state index in [-0.39, 0.29) is 6.04 Å². The molecule has 0 aliphatic rings. The van der Waals surface area contributed by atoms with Crippen molar-refractivity contribution < 1.29 is 0 Å². The summed E-state index contributed by atoms with van der Waals surface area (Å²) in [6.07, 6.45) is 5.10. The second-order valence-corrected chi connectivity index (χ2v) is 3.51. The fraction of sp³-hybridized carbons (Fsp3) is 0.545. The van der Waals surface area contributed by atoms with Crippen LogP contribution >= 0.6 is 0 Å². The van der Waals surface area contributed by atoms with Crippen LogP contribution in [0.3, 0.4) is 0 Å². The van der Waals surface area contributed by atoms with Gasteiger partial charge in [0.1, 0.15) is 0 Å². The highest BCUT2D eigenvalue weighted by Gasteiger charge is 2.11. The fourth-order valence-corrected chi connectivity index (χ4v) is 1.54. The summed E-state index contributed by atoms with van der Waals surface area (Å²) in [4.78, 5) is 0. The Morgan fingerprint density at radius 1 is 1.71 bits per heavy atom. The van der Waals surface area contributed by atoms with Crippen molar-refractivity contribution in [3.63, 3.8) is 0 Å². The zero-order valence-corrected chi connectivity index (χ0v) is 9.25. The minimum Gasteiger partial charge on any atom is -0.307 e. The highest BCUT2D eigenvalue weighted by Crippen LogP contribution is 2.16. The van der Waals surface area contributed by atoms with Crippen molar-refractivity contribution in [2.45, 2.75) is 26.3 Å². The van der Waals surface area contributed by atoms with E-state index in [1.54, 1.807) is 0 Å². The molecule has 1 unspecified atom stereocenters. The first-order valence-electron chi connectivity index (χ1n) is 5.05. The largest absolute Gasteiger partial charge is 0.307 e. The van der Waals surface area contributed by atoms with Gasteiger partial charge in [0.15, 0.2) is 0 Å². The Kier molecular flexibility index (Phi) is 3.89. The number of hydrogen-bond acceptors (Lipinski definition) is 2. The van der Waals surface area contributed by atoms with Gasteiger partial charge in [-0.1, -0.05) is 13.0 Å². The van der Waals surface area contributed by atoms with Gasteiger partial charge in [0.05, 0.1) is 11.7 Å². The van der Waals surface area contributed by atoms with Crippen molar-refractivity contribution in [1.82, 2.24) is 15.1 Å². The van der Waals surface area contributed by atoms with Crippen molar-refractivity contribution >= 4 is 0 Å². The number of aromatic nitrogens is 2. The maximum Gasteiger partial charge on any atom is 0.0644 e. The molecule has 1 atom stereocenters. The van der Waals surface area contributed by atoms with Gasteiger partial charge in [-0.3, -0.25) is 4.68 Å². The Morgan fingerprint density at radius 3 is 2.86 bits per heavy atom. The van der Waals surface area contributed by atoms with E-state index in [1.807, 2.05) is 30.9 Å². The average molecular weight is 193 g/mol. The van der Waals surface area contributed by atoms with Crippen molar-refractivity contribution in [1.29, 1.82) is 0 Å². The van der Waals surface area contributed by atoms with E-state index in [0.29, 0.717) is 0 Å². The topological polar surface area (TPSA) is 29.9 Å². The second-order valence-electron chi connectivity index (χ2n) is 3.51. The minimum atomic E-state index is 0.226. The van der Waals surface area contributed by atoms with Crippen LogP contribution in [0.4, 0.5) is 0 Å². The highest BCUT2D eigenvalue weighted by molar-refractivity contribution is 5.23. The Bertz CT molecular complexity index is 301. The zero-order valence-electron chi connectivity index (χ0n) is 9.25. The molecule has 1 N–H and O–H groups in total. The molecule has 0 saturated carbocycles. The lowest BCUT2D eigenvalue weighted by Crippen LogP contribution is -2.20. The van der Waals surface area contributed by atoms with Crippen LogP contribution in [0, 0.1) is 6.92 Å². The van der Waals surface area contributed by atoms with Gasteiger partial charge in [-0.05, 0) is 19.9 Å². The summed E-state index contributed by atoms with van der Waals surface area (Å²) in [6, 6.07) is 0.226. The predicted molar refractivity (Wildman–Crippen MR) is 59.2 cm³/mol. The Labute approximate surface area is 85.8 Å². The predicted octanol–water partition coefficient (Wildman–Crippen LogP) is 1.96. The third-order valence-corrected chi connectivity index (χ3v) is 2.24. The second kappa shape index (κ2) is 4.96. The number of aryl methyl sites for hydroxylation is 2. The van der Waals surface area contributed by atoms with Crippen LogP contribution < -0.4 is 5.32 Å². The first-order chi connectivity index (χ1) is 6.69. The van der Waals surface area contributed by atoms with Crippen LogP contribution in [-0.2, 0) is 7.05 Å². The zero-order chi connectivity index (χ0) is 10.6. The van der Waals surface area contributed by atoms with Crippen LogP contribution in [0.15, 0.2) is 18.9 Å². The molecular formula is C11H19N3. The first-order valence-corrected chi connectivity index (χ1v) is 5.05. The molecule has 78 valence electrons.